The Hall–Kier alpha value is -0.890. The molecule has 0 spiro atoms. The van der Waals surface area contributed by atoms with Crippen LogP contribution in [0.4, 0.5) is 0 Å². The summed E-state index contributed by atoms with van der Waals surface area (Å²) in [6, 6.07) is 0. The molecule has 0 N–H and O–H groups in total. The van der Waals surface area contributed by atoms with Crippen LogP contribution in [0.3, 0.4) is 0 Å². The molecular weight excluding hydrogens is 164 g/mol. The van der Waals surface area contributed by atoms with Gasteiger partial charge in [-0.25, -0.2) is 0 Å². The van der Waals surface area contributed by atoms with Gasteiger partial charge in [0.2, 0.25) is 0 Å². The smallest absolute Gasteiger partial charge is 0.183 e. The number of hydrogen-bond donors (Lipinski definition) is 0. The summed E-state index contributed by atoms with van der Waals surface area (Å²) in [5, 5.41) is 0. The quantitative estimate of drug-likeness (QED) is 0.604. The molecule has 0 aliphatic carbocycles. The summed E-state index contributed by atoms with van der Waals surface area (Å²) in [5.74, 6) is 0.118. The summed E-state index contributed by atoms with van der Waals surface area (Å²) in [5.41, 5.74) is 0.867. The molecule has 0 radical (unpaired) electrons. The molecule has 2 aliphatic rings. The van der Waals surface area contributed by atoms with Crippen molar-refractivity contribution in [2.45, 2.75) is 38.4 Å². The second kappa shape index (κ2) is 3.46. The number of rotatable bonds is 2. The first-order valence-corrected chi connectivity index (χ1v) is 4.84. The van der Waals surface area contributed by atoms with Gasteiger partial charge in [0.05, 0.1) is 12.2 Å². The van der Waals surface area contributed by atoms with Gasteiger partial charge < -0.3 is 4.74 Å². The maximum Gasteiger partial charge on any atom is 0.183 e. The van der Waals surface area contributed by atoms with Crippen molar-refractivity contribution >= 4 is 5.78 Å². The Morgan fingerprint density at radius 1 is 1.62 bits per heavy atom. The highest BCUT2D eigenvalue weighted by atomic mass is 16.5. The Morgan fingerprint density at radius 3 is 3.23 bits per heavy atom. The van der Waals surface area contributed by atoms with E-state index in [1.807, 2.05) is 13.0 Å². The molecule has 2 atom stereocenters. The Kier molecular flexibility index (Phi) is 2.32. The first-order chi connectivity index (χ1) is 6.31. The van der Waals surface area contributed by atoms with Gasteiger partial charge >= 0.3 is 0 Å². The summed E-state index contributed by atoms with van der Waals surface area (Å²) in [7, 11) is 0. The van der Waals surface area contributed by atoms with Gasteiger partial charge in [0.25, 0.3) is 0 Å². The van der Waals surface area contributed by atoms with E-state index in [-0.39, 0.29) is 11.9 Å². The van der Waals surface area contributed by atoms with Crippen molar-refractivity contribution in [1.29, 1.82) is 0 Å². The molecule has 0 unspecified atom stereocenters. The maximum absolute atomic E-state index is 11.6. The minimum absolute atomic E-state index is 0.0856. The van der Waals surface area contributed by atoms with Crippen LogP contribution in [0.1, 0.15) is 26.2 Å². The van der Waals surface area contributed by atoms with E-state index >= 15 is 0 Å². The van der Waals surface area contributed by atoms with Gasteiger partial charge in [-0.1, -0.05) is 12.2 Å². The molecule has 0 aromatic heterocycles. The van der Waals surface area contributed by atoms with Crippen LogP contribution in [-0.2, 0) is 9.53 Å². The Balaban J connectivity index is 2.15. The minimum Gasteiger partial charge on any atom is -0.370 e. The second-order valence-electron chi connectivity index (χ2n) is 3.58. The third-order valence-corrected chi connectivity index (χ3v) is 2.66. The van der Waals surface area contributed by atoms with Crippen LogP contribution >= 0.6 is 0 Å². The molecule has 13 heavy (non-hydrogen) atoms. The monoisotopic (exact) mass is 178 g/mol. The van der Waals surface area contributed by atoms with Gasteiger partial charge in [-0.3, -0.25) is 4.79 Å². The van der Waals surface area contributed by atoms with Crippen molar-refractivity contribution in [3.8, 4) is 0 Å². The number of ketones is 1. The normalized spacial score (nSPS) is 32.2. The molecule has 0 aromatic carbocycles. The van der Waals surface area contributed by atoms with Crippen LogP contribution in [0.15, 0.2) is 23.8 Å². The summed E-state index contributed by atoms with van der Waals surface area (Å²) in [6.45, 7) is 1.86. The lowest BCUT2D eigenvalue weighted by Crippen LogP contribution is -2.22. The minimum atomic E-state index is 0.0856. The third kappa shape index (κ3) is 1.59. The SMILES string of the molecule is C/C=C/C(=O)C1=CC[C@H]2CC[C@@H]1O2. The van der Waals surface area contributed by atoms with Crippen molar-refractivity contribution in [1.82, 2.24) is 0 Å². The number of allylic oxidation sites excluding steroid dienone is 2. The highest BCUT2D eigenvalue weighted by Crippen LogP contribution is 2.32. The van der Waals surface area contributed by atoms with Gasteiger partial charge in [0.1, 0.15) is 0 Å². The molecule has 0 saturated carbocycles. The molecule has 70 valence electrons. The Bertz CT molecular complexity index is 276. The summed E-state index contributed by atoms with van der Waals surface area (Å²) in [4.78, 5) is 11.6. The van der Waals surface area contributed by atoms with E-state index in [0.717, 1.165) is 24.8 Å². The van der Waals surface area contributed by atoms with E-state index in [0.29, 0.717) is 6.10 Å². The third-order valence-electron chi connectivity index (χ3n) is 2.66. The fraction of sp³-hybridized carbons (Fsp3) is 0.545. The van der Waals surface area contributed by atoms with E-state index in [1.165, 1.54) is 0 Å². The topological polar surface area (TPSA) is 26.3 Å². The number of carbonyl (C=O) groups excluding carboxylic acids is 1. The zero-order chi connectivity index (χ0) is 9.26. The molecule has 0 aromatic rings. The predicted molar refractivity (Wildman–Crippen MR) is 50.4 cm³/mol. The van der Waals surface area contributed by atoms with Crippen LogP contribution < -0.4 is 0 Å². The van der Waals surface area contributed by atoms with Crippen LogP contribution in [0.2, 0.25) is 0 Å². The summed E-state index contributed by atoms with van der Waals surface area (Å²) in [6.07, 6.45) is 8.95. The highest BCUT2D eigenvalue weighted by molar-refractivity contribution is 6.04. The average Bonchev–Trinajstić information content (AvgIpc) is 2.48. The molecule has 2 rings (SSSR count). The number of carbonyl (C=O) groups is 1. The van der Waals surface area contributed by atoms with Crippen LogP contribution in [-0.4, -0.2) is 18.0 Å². The Morgan fingerprint density at radius 2 is 2.46 bits per heavy atom. The molecule has 2 heterocycles. The summed E-state index contributed by atoms with van der Waals surface area (Å²) >= 11 is 0. The largest absolute Gasteiger partial charge is 0.370 e. The van der Waals surface area contributed by atoms with Crippen molar-refractivity contribution in [3.05, 3.63) is 23.8 Å². The van der Waals surface area contributed by atoms with E-state index in [4.69, 9.17) is 4.74 Å². The maximum atomic E-state index is 11.6. The van der Waals surface area contributed by atoms with E-state index in [1.54, 1.807) is 12.2 Å². The fourth-order valence-corrected chi connectivity index (χ4v) is 2.00. The van der Waals surface area contributed by atoms with Crippen LogP contribution in [0.5, 0.6) is 0 Å². The zero-order valence-corrected chi connectivity index (χ0v) is 7.82. The lowest BCUT2D eigenvalue weighted by Gasteiger charge is -2.19. The van der Waals surface area contributed by atoms with Gasteiger partial charge in [-0.05, 0) is 32.3 Å². The highest BCUT2D eigenvalue weighted by Gasteiger charge is 2.33. The molecule has 1 saturated heterocycles. The second-order valence-corrected chi connectivity index (χ2v) is 3.58. The molecule has 1 fully saturated rings. The molecule has 2 aliphatic heterocycles. The van der Waals surface area contributed by atoms with E-state index in [2.05, 4.69) is 0 Å². The standard InChI is InChI=1S/C11H14O2/c1-2-3-10(12)9-6-4-8-5-7-11(9)13-8/h2-3,6,8,11H,4-5,7H2,1H3/b3-2+/t8-,11-/m0/s1. The van der Waals surface area contributed by atoms with Crippen molar-refractivity contribution in [3.63, 3.8) is 0 Å². The predicted octanol–water partition coefficient (Wildman–Crippen LogP) is 2.01. The van der Waals surface area contributed by atoms with Crippen LogP contribution in [0, 0.1) is 0 Å². The van der Waals surface area contributed by atoms with Crippen molar-refractivity contribution in [2.75, 3.05) is 0 Å². The number of ether oxygens (including phenoxy) is 1. The van der Waals surface area contributed by atoms with Gasteiger partial charge in [0.15, 0.2) is 5.78 Å². The molecule has 0 amide bonds. The van der Waals surface area contributed by atoms with Gasteiger partial charge in [-0.15, -0.1) is 0 Å². The van der Waals surface area contributed by atoms with Crippen LogP contribution in [0.25, 0.3) is 0 Å². The van der Waals surface area contributed by atoms with Crippen molar-refractivity contribution in [2.24, 2.45) is 0 Å². The number of fused-ring (bicyclic) bond motifs is 2. The fourth-order valence-electron chi connectivity index (χ4n) is 2.00. The lowest BCUT2D eigenvalue weighted by molar-refractivity contribution is -0.112. The van der Waals surface area contributed by atoms with Gasteiger partial charge in [0, 0.05) is 5.57 Å². The molecule has 2 heteroatoms. The van der Waals surface area contributed by atoms with E-state index in [9.17, 15) is 4.79 Å². The average molecular weight is 178 g/mol. The lowest BCUT2D eigenvalue weighted by atomic mass is 10.0. The molecule has 2 bridgehead atoms. The first-order valence-electron chi connectivity index (χ1n) is 4.84. The number of hydrogen-bond acceptors (Lipinski definition) is 2. The first kappa shape index (κ1) is 8.70. The zero-order valence-electron chi connectivity index (χ0n) is 7.82. The molecular formula is C11H14O2. The summed E-state index contributed by atoms with van der Waals surface area (Å²) < 4.78 is 5.65. The Labute approximate surface area is 78.3 Å². The molecule has 2 nitrogen and oxygen atoms in total. The van der Waals surface area contributed by atoms with Gasteiger partial charge in [-0.2, -0.15) is 0 Å². The van der Waals surface area contributed by atoms with E-state index < -0.39 is 0 Å². The van der Waals surface area contributed by atoms with Crippen molar-refractivity contribution < 1.29 is 9.53 Å².